The molecule has 1 aliphatic heterocycles. The van der Waals surface area contributed by atoms with Gasteiger partial charge >= 0.3 is 5.97 Å². The molecule has 4 rings (SSSR count). The number of pyridine rings is 1. The van der Waals surface area contributed by atoms with Crippen LogP contribution in [0.3, 0.4) is 0 Å². The number of aryl methyl sites for hydroxylation is 1. The van der Waals surface area contributed by atoms with Crippen molar-refractivity contribution in [3.8, 4) is 0 Å². The van der Waals surface area contributed by atoms with Gasteiger partial charge in [-0.05, 0) is 52.4 Å². The van der Waals surface area contributed by atoms with Crippen molar-refractivity contribution in [3.05, 3.63) is 18.0 Å². The van der Waals surface area contributed by atoms with Gasteiger partial charge in [-0.2, -0.15) is 5.10 Å². The summed E-state index contributed by atoms with van der Waals surface area (Å²) in [5, 5.41) is 9.07. The highest BCUT2D eigenvalue weighted by molar-refractivity contribution is 6.06. The van der Waals surface area contributed by atoms with Crippen molar-refractivity contribution in [1.82, 2.24) is 19.7 Å². The Morgan fingerprint density at radius 2 is 1.94 bits per heavy atom. The van der Waals surface area contributed by atoms with Gasteiger partial charge in [0.25, 0.3) is 5.91 Å². The summed E-state index contributed by atoms with van der Waals surface area (Å²) in [6.07, 6.45) is 11.3. The van der Waals surface area contributed by atoms with Gasteiger partial charge in [-0.1, -0.05) is 19.3 Å². The van der Waals surface area contributed by atoms with E-state index in [0.717, 1.165) is 36.1 Å². The molecule has 0 radical (unpaired) electrons. The average Bonchev–Trinajstić information content (AvgIpc) is 3.28. The van der Waals surface area contributed by atoms with Crippen LogP contribution in [0.1, 0.15) is 76.1 Å². The van der Waals surface area contributed by atoms with Gasteiger partial charge in [0, 0.05) is 31.9 Å². The molecule has 1 amide bonds. The van der Waals surface area contributed by atoms with E-state index in [4.69, 9.17) is 4.74 Å². The molecule has 180 valence electrons. The minimum Gasteiger partial charge on any atom is -0.466 e. The Kier molecular flexibility index (Phi) is 7.50. The highest BCUT2D eigenvalue weighted by Gasteiger charge is 2.32. The predicted molar refractivity (Wildman–Crippen MR) is 128 cm³/mol. The molecule has 1 saturated carbocycles. The van der Waals surface area contributed by atoms with Crippen molar-refractivity contribution in [2.45, 2.75) is 78.3 Å². The highest BCUT2D eigenvalue weighted by Crippen LogP contribution is 2.33. The first kappa shape index (κ1) is 23.5. The molecule has 2 fully saturated rings. The molecule has 8 heteroatoms. The fourth-order valence-electron chi connectivity index (χ4n) is 5.34. The largest absolute Gasteiger partial charge is 0.466 e. The third kappa shape index (κ3) is 4.99. The zero-order valence-electron chi connectivity index (χ0n) is 20.2. The normalized spacial score (nSPS) is 20.6. The summed E-state index contributed by atoms with van der Waals surface area (Å²) in [6.45, 7) is 8.17. The first-order valence-electron chi connectivity index (χ1n) is 12.6. The van der Waals surface area contributed by atoms with Crippen molar-refractivity contribution >= 4 is 28.6 Å². The number of likely N-dealkylation sites (tertiary alicyclic amines) is 1. The molecule has 1 saturated heterocycles. The van der Waals surface area contributed by atoms with E-state index in [9.17, 15) is 9.59 Å². The van der Waals surface area contributed by atoms with Gasteiger partial charge in [0.05, 0.1) is 35.4 Å². The molecule has 3 heterocycles. The molecule has 2 aromatic heterocycles. The lowest BCUT2D eigenvalue weighted by Gasteiger charge is -2.33. The van der Waals surface area contributed by atoms with Crippen LogP contribution in [0.5, 0.6) is 0 Å². The van der Waals surface area contributed by atoms with Crippen LogP contribution < -0.4 is 5.32 Å². The first-order chi connectivity index (χ1) is 16.0. The number of amides is 1. The number of hydrogen-bond acceptors (Lipinski definition) is 6. The van der Waals surface area contributed by atoms with Gasteiger partial charge in [0.15, 0.2) is 5.65 Å². The van der Waals surface area contributed by atoms with Crippen LogP contribution >= 0.6 is 0 Å². The first-order valence-corrected chi connectivity index (χ1v) is 12.6. The molecule has 2 aromatic rings. The molecule has 0 aromatic carbocycles. The zero-order valence-corrected chi connectivity index (χ0v) is 20.2. The number of rotatable bonds is 7. The quantitative estimate of drug-likeness (QED) is 0.628. The molecule has 2 aliphatic rings. The standard InChI is InChI=1S/C25H37N5O3/c1-4-30-23-20(15-27-30)22(28-17(3)18-10-7-6-8-11-18)21(14-26-23)24(31)29-13-9-12-19(16-29)25(32)33-5-2/h14-15,17-19H,4-13,16H2,1-3H3,(H,26,28). The second-order valence-corrected chi connectivity index (χ2v) is 9.42. The van der Waals surface area contributed by atoms with Gasteiger partial charge < -0.3 is 15.0 Å². The number of anilines is 1. The Labute approximate surface area is 196 Å². The van der Waals surface area contributed by atoms with Gasteiger partial charge in [0.1, 0.15) is 0 Å². The van der Waals surface area contributed by atoms with Crippen molar-refractivity contribution in [1.29, 1.82) is 0 Å². The Bertz CT molecular complexity index is 982. The van der Waals surface area contributed by atoms with E-state index in [2.05, 4.69) is 22.3 Å². The van der Waals surface area contributed by atoms with Crippen LogP contribution in [0.2, 0.25) is 0 Å². The minimum absolute atomic E-state index is 0.0824. The van der Waals surface area contributed by atoms with E-state index >= 15 is 0 Å². The van der Waals surface area contributed by atoms with Gasteiger partial charge in [0.2, 0.25) is 0 Å². The number of ether oxygens (including phenoxy) is 1. The molecule has 0 bridgehead atoms. The molecule has 33 heavy (non-hydrogen) atoms. The lowest BCUT2D eigenvalue weighted by atomic mass is 9.84. The smallest absolute Gasteiger partial charge is 0.310 e. The summed E-state index contributed by atoms with van der Waals surface area (Å²) in [5.41, 5.74) is 2.17. The monoisotopic (exact) mass is 455 g/mol. The van der Waals surface area contributed by atoms with Gasteiger partial charge in [-0.25, -0.2) is 9.67 Å². The van der Waals surface area contributed by atoms with E-state index < -0.39 is 0 Å². The Morgan fingerprint density at radius 1 is 1.15 bits per heavy atom. The van der Waals surface area contributed by atoms with E-state index in [1.54, 1.807) is 11.1 Å². The Morgan fingerprint density at radius 3 is 2.67 bits per heavy atom. The summed E-state index contributed by atoms with van der Waals surface area (Å²) in [6, 6.07) is 0.251. The number of fused-ring (bicyclic) bond motifs is 1. The maximum absolute atomic E-state index is 13.7. The lowest BCUT2D eigenvalue weighted by molar-refractivity contribution is -0.149. The third-order valence-electron chi connectivity index (χ3n) is 7.25. The summed E-state index contributed by atoms with van der Waals surface area (Å²) in [4.78, 5) is 32.4. The van der Waals surface area contributed by atoms with Crippen LogP contribution in [0.25, 0.3) is 11.0 Å². The number of esters is 1. The van der Waals surface area contributed by atoms with Crippen LogP contribution in [0.15, 0.2) is 12.4 Å². The van der Waals surface area contributed by atoms with Crippen molar-refractivity contribution < 1.29 is 14.3 Å². The molecule has 1 N–H and O–H groups in total. The van der Waals surface area contributed by atoms with Crippen LogP contribution in [0.4, 0.5) is 5.69 Å². The Balaban J connectivity index is 1.63. The predicted octanol–water partition coefficient (Wildman–Crippen LogP) is 4.25. The Hall–Kier alpha value is -2.64. The summed E-state index contributed by atoms with van der Waals surface area (Å²) in [7, 11) is 0. The topological polar surface area (TPSA) is 89.3 Å². The molecule has 2 atom stereocenters. The fraction of sp³-hybridized carbons (Fsp3) is 0.680. The second-order valence-electron chi connectivity index (χ2n) is 9.42. The van der Waals surface area contributed by atoms with Crippen molar-refractivity contribution in [2.75, 3.05) is 25.0 Å². The fourth-order valence-corrected chi connectivity index (χ4v) is 5.34. The average molecular weight is 456 g/mol. The molecular weight excluding hydrogens is 418 g/mol. The maximum Gasteiger partial charge on any atom is 0.310 e. The lowest BCUT2D eigenvalue weighted by Crippen LogP contribution is -2.43. The van der Waals surface area contributed by atoms with Crippen LogP contribution in [-0.4, -0.2) is 57.3 Å². The number of aromatic nitrogens is 3. The number of carbonyl (C=O) groups excluding carboxylic acids is 2. The van der Waals surface area contributed by atoms with E-state index in [1.165, 1.54) is 32.1 Å². The number of nitrogens with zero attached hydrogens (tertiary/aromatic N) is 4. The highest BCUT2D eigenvalue weighted by atomic mass is 16.5. The SMILES string of the molecule is CCOC(=O)C1CCCN(C(=O)c2cnc3c(cnn3CC)c2NC(C)C2CCCCC2)C1. The van der Waals surface area contributed by atoms with Crippen LogP contribution in [0, 0.1) is 11.8 Å². The maximum atomic E-state index is 13.7. The number of carbonyl (C=O) groups is 2. The summed E-state index contributed by atoms with van der Waals surface area (Å²) >= 11 is 0. The summed E-state index contributed by atoms with van der Waals surface area (Å²) in [5.74, 6) is 0.0344. The van der Waals surface area contributed by atoms with E-state index in [0.29, 0.717) is 31.2 Å². The van der Waals surface area contributed by atoms with E-state index in [1.807, 2.05) is 24.7 Å². The molecule has 0 spiro atoms. The van der Waals surface area contributed by atoms with Crippen molar-refractivity contribution in [3.63, 3.8) is 0 Å². The number of piperidine rings is 1. The van der Waals surface area contributed by atoms with Crippen LogP contribution in [-0.2, 0) is 16.1 Å². The van der Waals surface area contributed by atoms with Gasteiger partial charge in [-0.15, -0.1) is 0 Å². The van der Waals surface area contributed by atoms with Crippen molar-refractivity contribution in [2.24, 2.45) is 11.8 Å². The number of nitrogens with one attached hydrogen (secondary N) is 1. The molecular formula is C25H37N5O3. The molecule has 8 nitrogen and oxygen atoms in total. The second kappa shape index (κ2) is 10.5. The number of hydrogen-bond donors (Lipinski definition) is 1. The van der Waals surface area contributed by atoms with Gasteiger partial charge in [-0.3, -0.25) is 9.59 Å². The molecule has 1 aliphatic carbocycles. The van der Waals surface area contributed by atoms with E-state index in [-0.39, 0.29) is 23.8 Å². The molecule has 2 unspecified atom stereocenters. The third-order valence-corrected chi connectivity index (χ3v) is 7.25. The zero-order chi connectivity index (χ0) is 23.4. The summed E-state index contributed by atoms with van der Waals surface area (Å²) < 4.78 is 7.08. The minimum atomic E-state index is -0.264.